The van der Waals surface area contributed by atoms with Crippen LogP contribution in [0.5, 0.6) is 0 Å². The third kappa shape index (κ3) is 2.83. The largest absolute Gasteiger partial charge is 0.398 e. The van der Waals surface area contributed by atoms with Gasteiger partial charge in [-0.2, -0.15) is 0 Å². The van der Waals surface area contributed by atoms with Crippen LogP contribution in [0.3, 0.4) is 0 Å². The van der Waals surface area contributed by atoms with Crippen LogP contribution >= 0.6 is 0 Å². The smallest absolute Gasteiger partial charge is 0.242 e. The van der Waals surface area contributed by atoms with Crippen LogP contribution < -0.4 is 15.4 Å². The summed E-state index contributed by atoms with van der Waals surface area (Å²) in [5.41, 5.74) is 6.98. The number of sulfonamides is 1. The molecule has 1 aliphatic heterocycles. The Labute approximate surface area is 113 Å². The van der Waals surface area contributed by atoms with Crippen LogP contribution in [0, 0.1) is 0 Å². The SMILES string of the molecule is CNS(=O)(=O)c1ccc(N(C)C2CCOC2)cc1N. The Kier molecular flexibility index (Phi) is 3.98. The predicted molar refractivity (Wildman–Crippen MR) is 74.7 cm³/mol. The Morgan fingerprint density at radius 3 is 2.74 bits per heavy atom. The topological polar surface area (TPSA) is 84.7 Å². The lowest BCUT2D eigenvalue weighted by atomic mass is 10.2. The molecular weight excluding hydrogens is 266 g/mol. The van der Waals surface area contributed by atoms with E-state index in [9.17, 15) is 8.42 Å². The molecule has 19 heavy (non-hydrogen) atoms. The van der Waals surface area contributed by atoms with Crippen LogP contribution in [0.2, 0.25) is 0 Å². The molecule has 1 fully saturated rings. The molecule has 1 aliphatic rings. The summed E-state index contributed by atoms with van der Waals surface area (Å²) in [6.07, 6.45) is 0.965. The number of ether oxygens (including phenoxy) is 1. The van der Waals surface area contributed by atoms with E-state index in [1.54, 1.807) is 12.1 Å². The minimum absolute atomic E-state index is 0.106. The average Bonchev–Trinajstić information content (AvgIpc) is 2.91. The average molecular weight is 285 g/mol. The molecular formula is C12H19N3O3S. The summed E-state index contributed by atoms with van der Waals surface area (Å²) in [4.78, 5) is 2.17. The summed E-state index contributed by atoms with van der Waals surface area (Å²) in [6, 6.07) is 5.29. The van der Waals surface area contributed by atoms with Gasteiger partial charge in [0.1, 0.15) is 4.90 Å². The van der Waals surface area contributed by atoms with Gasteiger partial charge in [-0.15, -0.1) is 0 Å². The van der Waals surface area contributed by atoms with E-state index in [0.29, 0.717) is 12.6 Å². The molecule has 1 unspecified atom stereocenters. The first kappa shape index (κ1) is 14.1. The number of nitrogen functional groups attached to an aromatic ring is 1. The van der Waals surface area contributed by atoms with Crippen molar-refractivity contribution in [1.29, 1.82) is 0 Å². The standard InChI is InChI=1S/C12H19N3O3S/c1-14-19(16,17)12-4-3-9(7-11(12)13)15(2)10-5-6-18-8-10/h3-4,7,10,14H,5-6,8,13H2,1-2H3. The second kappa shape index (κ2) is 5.36. The summed E-state index contributed by atoms with van der Waals surface area (Å²) >= 11 is 0. The highest BCUT2D eigenvalue weighted by atomic mass is 32.2. The van der Waals surface area contributed by atoms with Crippen LogP contribution in [-0.2, 0) is 14.8 Å². The normalized spacial score (nSPS) is 19.6. The molecule has 6 nitrogen and oxygen atoms in total. The molecule has 1 saturated heterocycles. The van der Waals surface area contributed by atoms with E-state index in [4.69, 9.17) is 10.5 Å². The maximum absolute atomic E-state index is 11.7. The molecule has 1 atom stereocenters. The monoisotopic (exact) mass is 285 g/mol. The van der Waals surface area contributed by atoms with Crippen molar-refractivity contribution in [2.24, 2.45) is 0 Å². The summed E-state index contributed by atoms with van der Waals surface area (Å²) in [5, 5.41) is 0. The lowest BCUT2D eigenvalue weighted by Crippen LogP contribution is -2.31. The predicted octanol–water partition coefficient (Wildman–Crippen LogP) is 0.402. The maximum atomic E-state index is 11.7. The van der Waals surface area contributed by atoms with Crippen LogP contribution in [-0.4, -0.2) is 41.8 Å². The summed E-state index contributed by atoms with van der Waals surface area (Å²) in [6.45, 7) is 1.45. The number of benzene rings is 1. The zero-order valence-corrected chi connectivity index (χ0v) is 11.9. The number of anilines is 2. The van der Waals surface area contributed by atoms with Crippen LogP contribution in [0.1, 0.15) is 6.42 Å². The lowest BCUT2D eigenvalue weighted by molar-refractivity contribution is 0.193. The zero-order valence-electron chi connectivity index (χ0n) is 11.1. The van der Waals surface area contributed by atoms with E-state index in [1.807, 2.05) is 7.05 Å². The van der Waals surface area contributed by atoms with Crippen molar-refractivity contribution in [3.05, 3.63) is 18.2 Å². The van der Waals surface area contributed by atoms with Gasteiger partial charge in [0.15, 0.2) is 0 Å². The third-order valence-corrected chi connectivity index (χ3v) is 4.90. The molecule has 3 N–H and O–H groups in total. The third-order valence-electron chi connectivity index (χ3n) is 3.41. The molecule has 0 aromatic heterocycles. The quantitative estimate of drug-likeness (QED) is 0.782. The highest BCUT2D eigenvalue weighted by Gasteiger charge is 2.22. The Balaban J connectivity index is 2.28. The van der Waals surface area contributed by atoms with E-state index in [2.05, 4.69) is 9.62 Å². The highest BCUT2D eigenvalue weighted by Crippen LogP contribution is 2.26. The van der Waals surface area contributed by atoms with Crippen molar-refractivity contribution >= 4 is 21.4 Å². The Hall–Kier alpha value is -1.31. The molecule has 7 heteroatoms. The van der Waals surface area contributed by atoms with E-state index < -0.39 is 10.0 Å². The molecule has 2 rings (SSSR count). The first-order chi connectivity index (χ1) is 8.95. The number of hydrogen-bond acceptors (Lipinski definition) is 5. The van der Waals surface area contributed by atoms with Crippen molar-refractivity contribution in [3.8, 4) is 0 Å². The fourth-order valence-electron chi connectivity index (χ4n) is 2.15. The first-order valence-electron chi connectivity index (χ1n) is 6.09. The number of rotatable bonds is 4. The molecule has 1 heterocycles. The van der Waals surface area contributed by atoms with Gasteiger partial charge in [-0.3, -0.25) is 0 Å². The Bertz CT molecular complexity index is 553. The van der Waals surface area contributed by atoms with Crippen molar-refractivity contribution in [2.75, 3.05) is 37.9 Å². The Morgan fingerprint density at radius 1 is 1.47 bits per heavy atom. The molecule has 0 radical (unpaired) electrons. The minimum Gasteiger partial charge on any atom is -0.398 e. The van der Waals surface area contributed by atoms with Crippen molar-refractivity contribution in [3.63, 3.8) is 0 Å². The van der Waals surface area contributed by atoms with Gasteiger partial charge in [0.25, 0.3) is 0 Å². The van der Waals surface area contributed by atoms with E-state index in [-0.39, 0.29) is 10.6 Å². The molecule has 0 bridgehead atoms. The van der Waals surface area contributed by atoms with Crippen molar-refractivity contribution in [2.45, 2.75) is 17.4 Å². The van der Waals surface area contributed by atoms with Gasteiger partial charge in [-0.25, -0.2) is 13.1 Å². The van der Waals surface area contributed by atoms with Gasteiger partial charge in [0, 0.05) is 19.3 Å². The van der Waals surface area contributed by atoms with Gasteiger partial charge < -0.3 is 15.4 Å². The second-order valence-electron chi connectivity index (χ2n) is 4.56. The van der Waals surface area contributed by atoms with Gasteiger partial charge in [-0.1, -0.05) is 0 Å². The minimum atomic E-state index is -3.51. The fraction of sp³-hybridized carbons (Fsp3) is 0.500. The Morgan fingerprint density at radius 2 is 2.21 bits per heavy atom. The zero-order chi connectivity index (χ0) is 14.0. The molecule has 0 aliphatic carbocycles. The number of nitrogens with two attached hydrogens (primary N) is 1. The molecule has 1 aromatic rings. The number of likely N-dealkylation sites (N-methyl/N-ethyl adjacent to an activating group) is 1. The second-order valence-corrected chi connectivity index (χ2v) is 6.41. The molecule has 1 aromatic carbocycles. The van der Waals surface area contributed by atoms with Gasteiger partial charge in [0.05, 0.1) is 18.3 Å². The van der Waals surface area contributed by atoms with E-state index in [1.165, 1.54) is 13.1 Å². The lowest BCUT2D eigenvalue weighted by Gasteiger charge is -2.26. The fourth-order valence-corrected chi connectivity index (χ4v) is 2.98. The van der Waals surface area contributed by atoms with E-state index >= 15 is 0 Å². The molecule has 0 saturated carbocycles. The van der Waals surface area contributed by atoms with Gasteiger partial charge in [0.2, 0.25) is 10.0 Å². The van der Waals surface area contributed by atoms with Crippen LogP contribution in [0.25, 0.3) is 0 Å². The van der Waals surface area contributed by atoms with Crippen LogP contribution in [0.15, 0.2) is 23.1 Å². The number of hydrogen-bond donors (Lipinski definition) is 2. The number of nitrogens with one attached hydrogen (secondary N) is 1. The van der Waals surface area contributed by atoms with Crippen molar-refractivity contribution in [1.82, 2.24) is 4.72 Å². The van der Waals surface area contributed by atoms with E-state index in [0.717, 1.165) is 18.7 Å². The van der Waals surface area contributed by atoms with Gasteiger partial charge in [-0.05, 0) is 31.7 Å². The summed E-state index contributed by atoms with van der Waals surface area (Å²) < 4.78 is 31.1. The molecule has 0 amide bonds. The molecule has 106 valence electrons. The van der Waals surface area contributed by atoms with Gasteiger partial charge >= 0.3 is 0 Å². The number of nitrogens with zero attached hydrogens (tertiary/aromatic N) is 1. The van der Waals surface area contributed by atoms with Crippen LogP contribution in [0.4, 0.5) is 11.4 Å². The maximum Gasteiger partial charge on any atom is 0.242 e. The highest BCUT2D eigenvalue weighted by molar-refractivity contribution is 7.89. The summed E-state index contributed by atoms with van der Waals surface area (Å²) in [7, 11) is -0.184. The first-order valence-corrected chi connectivity index (χ1v) is 7.57. The van der Waals surface area contributed by atoms with Crippen molar-refractivity contribution < 1.29 is 13.2 Å². The molecule has 0 spiro atoms. The summed E-state index contributed by atoms with van der Waals surface area (Å²) in [5.74, 6) is 0.